The third-order valence-corrected chi connectivity index (χ3v) is 4.86. The summed E-state index contributed by atoms with van der Waals surface area (Å²) in [7, 11) is 7.30. The topological polar surface area (TPSA) is 105 Å². The van der Waals surface area contributed by atoms with Gasteiger partial charge in [0.25, 0.3) is 0 Å². The van der Waals surface area contributed by atoms with Crippen LogP contribution in [0.25, 0.3) is 0 Å². The van der Waals surface area contributed by atoms with Crippen molar-refractivity contribution in [1.29, 1.82) is 0 Å². The van der Waals surface area contributed by atoms with Gasteiger partial charge in [0, 0.05) is 35.0 Å². The quantitative estimate of drug-likeness (QED) is 0.109. The van der Waals surface area contributed by atoms with Crippen LogP contribution in [0.15, 0.2) is 218 Å². The molecule has 410 valence electrons. The number of methoxy groups -OCH3 is 4. The van der Waals surface area contributed by atoms with Crippen LogP contribution in [0, 0.1) is 0 Å². The summed E-state index contributed by atoms with van der Waals surface area (Å²) in [5.74, 6) is -0.569. The van der Waals surface area contributed by atoms with E-state index in [9.17, 15) is 19.2 Å². The first-order valence-corrected chi connectivity index (χ1v) is 24.8. The molecule has 0 aliphatic carbocycles. The van der Waals surface area contributed by atoms with Crippen molar-refractivity contribution < 1.29 is 38.1 Å². The van der Waals surface area contributed by atoms with Gasteiger partial charge in [0.1, 0.15) is 5.78 Å². The highest BCUT2D eigenvalue weighted by atomic mass is 16.5. The molecule has 6 aromatic carbocycles. The van der Waals surface area contributed by atoms with E-state index in [1.165, 1.54) is 68.8 Å². The number of ether oxygens (including phenoxy) is 4. The zero-order valence-corrected chi connectivity index (χ0v) is 49.5. The summed E-state index contributed by atoms with van der Waals surface area (Å²) < 4.78 is 16.6. The first-order valence-electron chi connectivity index (χ1n) is 24.8. The van der Waals surface area contributed by atoms with Gasteiger partial charge in [-0.2, -0.15) is 0 Å². The van der Waals surface area contributed by atoms with E-state index in [4.69, 9.17) is 0 Å². The average molecular weight is 1000 g/mol. The molecular formula is C64H106O8. The Hall–Kier alpha value is -6.64. The van der Waals surface area contributed by atoms with Crippen LogP contribution in [0.3, 0.4) is 0 Å². The third-order valence-electron chi connectivity index (χ3n) is 4.86. The Bertz CT molecular complexity index is 1150. The summed E-state index contributed by atoms with van der Waals surface area (Å²) in [5, 5.41) is 0. The standard InChI is InChI=1S/6C6H6.3C3H6O2.C3H6O.2C3H8.C2H6O.4C2H6/c6*1-2-4-6-5-3-1;3*1-3(4)5-2;1-3(2)4;3*1-3-2;4*1-2/h6*1-6H;3*1-2H3;1-2H3;2*3H2,1-2H3;1-2H3;4*1-2H3. The normalized spacial score (nSPS) is 6.86. The lowest BCUT2D eigenvalue weighted by molar-refractivity contribution is -0.138. The van der Waals surface area contributed by atoms with Gasteiger partial charge in [-0.15, -0.1) is 0 Å². The first kappa shape index (κ1) is 91.6. The van der Waals surface area contributed by atoms with Crippen molar-refractivity contribution >= 4 is 23.7 Å². The third kappa shape index (κ3) is 197. The lowest BCUT2D eigenvalue weighted by atomic mass is 10.4. The smallest absolute Gasteiger partial charge is 0.302 e. The van der Waals surface area contributed by atoms with Gasteiger partial charge in [0.2, 0.25) is 0 Å². The van der Waals surface area contributed by atoms with Crippen LogP contribution >= 0.6 is 0 Å². The molecule has 0 saturated carbocycles. The summed E-state index contributed by atoms with van der Waals surface area (Å²) in [6.45, 7) is 31.6. The Labute approximate surface area is 444 Å². The molecule has 72 heavy (non-hydrogen) atoms. The maximum Gasteiger partial charge on any atom is 0.302 e. The monoisotopic (exact) mass is 1000 g/mol. The second-order valence-electron chi connectivity index (χ2n) is 11.7. The second-order valence-corrected chi connectivity index (χ2v) is 11.7. The molecule has 0 saturated heterocycles. The highest BCUT2D eigenvalue weighted by molar-refractivity contribution is 5.72. The highest BCUT2D eigenvalue weighted by Gasteiger charge is 1.76. The van der Waals surface area contributed by atoms with E-state index in [2.05, 4.69) is 46.6 Å². The number of Topliss-reactive ketones (excluding diaryl/α,β-unsaturated/α-hetero) is 1. The van der Waals surface area contributed by atoms with Crippen LogP contribution in [-0.4, -0.2) is 59.2 Å². The van der Waals surface area contributed by atoms with Gasteiger partial charge >= 0.3 is 17.9 Å². The van der Waals surface area contributed by atoms with Crippen LogP contribution < -0.4 is 0 Å². The van der Waals surface area contributed by atoms with Crippen LogP contribution in [0.2, 0.25) is 0 Å². The molecule has 0 radical (unpaired) electrons. The van der Waals surface area contributed by atoms with Gasteiger partial charge in [-0.25, -0.2) is 0 Å². The van der Waals surface area contributed by atoms with Crippen molar-refractivity contribution in [3.63, 3.8) is 0 Å². The van der Waals surface area contributed by atoms with Gasteiger partial charge in [0.15, 0.2) is 0 Å². The molecule has 0 aliphatic heterocycles. The SMILES string of the molecule is CC.CC.CC.CC.CC(C)=O.CCC.CCC.COC.COC(C)=O.COC(C)=O.COC(C)=O.c1ccccc1.c1ccccc1.c1ccccc1.c1ccccc1.c1ccccc1.c1ccccc1. The van der Waals surface area contributed by atoms with E-state index in [1.807, 2.05) is 274 Å². The fourth-order valence-electron chi connectivity index (χ4n) is 2.31. The summed E-state index contributed by atoms with van der Waals surface area (Å²) in [6, 6.07) is 72.0. The Balaban J connectivity index is -0.0000000619. The number of esters is 3. The number of carbonyl (C=O) groups is 4. The molecule has 0 heterocycles. The average Bonchev–Trinajstić information content (AvgIpc) is 3.45. The molecule has 0 amide bonds. The largest absolute Gasteiger partial charge is 0.469 e. The van der Waals surface area contributed by atoms with Crippen LogP contribution in [0.1, 0.15) is 131 Å². The van der Waals surface area contributed by atoms with Gasteiger partial charge in [-0.3, -0.25) is 14.4 Å². The predicted octanol–water partition coefficient (Wildman–Crippen LogP) is 18.5. The molecule has 0 spiro atoms. The Kier molecular flexibility index (Phi) is 147. The van der Waals surface area contributed by atoms with Crippen LogP contribution in [-0.2, 0) is 38.1 Å². The van der Waals surface area contributed by atoms with Crippen molar-refractivity contribution in [2.75, 3.05) is 35.5 Å². The van der Waals surface area contributed by atoms with Crippen molar-refractivity contribution in [2.24, 2.45) is 0 Å². The predicted molar refractivity (Wildman–Crippen MR) is 318 cm³/mol. The Morgan fingerprint density at radius 2 is 0.264 bits per heavy atom. The van der Waals surface area contributed by atoms with Crippen LogP contribution in [0.5, 0.6) is 0 Å². The van der Waals surface area contributed by atoms with Gasteiger partial charge in [-0.1, -0.05) is 314 Å². The van der Waals surface area contributed by atoms with E-state index in [1.54, 1.807) is 14.2 Å². The molecule has 0 aromatic heterocycles. The summed E-state index contributed by atoms with van der Waals surface area (Å²) in [4.78, 5) is 38.2. The number of benzene rings is 6. The van der Waals surface area contributed by atoms with Gasteiger partial charge in [-0.05, 0) is 13.8 Å². The Morgan fingerprint density at radius 3 is 0.278 bits per heavy atom. The van der Waals surface area contributed by atoms with E-state index in [0.717, 1.165) is 0 Å². The molecule has 0 bridgehead atoms. The van der Waals surface area contributed by atoms with E-state index < -0.39 is 0 Å². The minimum atomic E-state index is -0.245. The maximum atomic E-state index is 9.59. The molecule has 0 atom stereocenters. The first-order chi connectivity index (χ1) is 34.8. The van der Waals surface area contributed by atoms with Crippen molar-refractivity contribution in [3.8, 4) is 0 Å². The van der Waals surface area contributed by atoms with E-state index in [-0.39, 0.29) is 23.7 Å². The van der Waals surface area contributed by atoms with Crippen LogP contribution in [0.4, 0.5) is 0 Å². The molecule has 0 fully saturated rings. The molecular weight excluding hydrogens is 897 g/mol. The second kappa shape index (κ2) is 115. The fraction of sp³-hybridized carbons (Fsp3) is 0.375. The molecule has 6 rings (SSSR count). The molecule has 0 aliphatic rings. The molecule has 8 nitrogen and oxygen atoms in total. The molecule has 0 unspecified atom stereocenters. The summed E-state index contributed by atoms with van der Waals surface area (Å²) in [5.41, 5.74) is 0. The molecule has 8 heteroatoms. The maximum absolute atomic E-state index is 9.59. The zero-order valence-electron chi connectivity index (χ0n) is 49.5. The minimum absolute atomic E-state index is 0.167. The fourth-order valence-corrected chi connectivity index (χ4v) is 2.31. The molecule has 0 N–H and O–H groups in total. The number of rotatable bonds is 0. The number of ketones is 1. The Morgan fingerprint density at radius 1 is 0.236 bits per heavy atom. The van der Waals surface area contributed by atoms with Gasteiger partial charge in [0.05, 0.1) is 21.3 Å². The number of hydrogen-bond donors (Lipinski definition) is 0. The summed E-state index contributed by atoms with van der Waals surface area (Å²) in [6.07, 6.45) is 2.50. The zero-order chi connectivity index (χ0) is 58.0. The van der Waals surface area contributed by atoms with Crippen molar-refractivity contribution in [1.82, 2.24) is 0 Å². The lowest BCUT2D eigenvalue weighted by Crippen LogP contribution is -1.88. The molecule has 6 aromatic rings. The number of hydrogen-bond acceptors (Lipinski definition) is 8. The van der Waals surface area contributed by atoms with Gasteiger partial charge < -0.3 is 23.7 Å². The van der Waals surface area contributed by atoms with Crippen molar-refractivity contribution in [2.45, 2.75) is 131 Å². The summed E-state index contributed by atoms with van der Waals surface area (Å²) >= 11 is 0. The van der Waals surface area contributed by atoms with E-state index in [0.29, 0.717) is 0 Å². The highest BCUT2D eigenvalue weighted by Crippen LogP contribution is 1.83. The lowest BCUT2D eigenvalue weighted by Gasteiger charge is -1.80. The minimum Gasteiger partial charge on any atom is -0.469 e. The van der Waals surface area contributed by atoms with Crippen molar-refractivity contribution in [3.05, 3.63) is 218 Å². The number of carbonyl (C=O) groups excluding carboxylic acids is 4. The van der Waals surface area contributed by atoms with E-state index >= 15 is 0 Å².